The average molecular weight is 404 g/mol. The Labute approximate surface area is 175 Å². The van der Waals surface area contributed by atoms with Gasteiger partial charge in [-0.3, -0.25) is 14.6 Å². The number of carbonyl (C=O) groups is 3. The number of carbonyl (C=O) groups excluding carboxylic acids is 3. The quantitative estimate of drug-likeness (QED) is 0.494. The second-order valence-electron chi connectivity index (χ2n) is 8.07. The zero-order chi connectivity index (χ0) is 21.9. The summed E-state index contributed by atoms with van der Waals surface area (Å²) in [6.45, 7) is 7.01. The van der Waals surface area contributed by atoms with Crippen molar-refractivity contribution in [2.75, 3.05) is 5.32 Å². The largest absolute Gasteiger partial charge is 0.451 e. The second kappa shape index (κ2) is 8.45. The number of amides is 1. The minimum atomic E-state index is -0.959. The molecule has 0 saturated carbocycles. The van der Waals surface area contributed by atoms with Crippen LogP contribution in [0.4, 0.5) is 5.69 Å². The van der Waals surface area contributed by atoms with Crippen LogP contribution in [0.3, 0.4) is 0 Å². The number of pyridine rings is 1. The first-order valence-corrected chi connectivity index (χ1v) is 9.67. The highest BCUT2D eigenvalue weighted by Gasteiger charge is 2.23. The molecule has 0 bridgehead atoms. The second-order valence-corrected chi connectivity index (χ2v) is 8.07. The van der Waals surface area contributed by atoms with Crippen LogP contribution in [0.1, 0.15) is 48.4 Å². The lowest BCUT2D eigenvalue weighted by molar-refractivity contribution is -0.123. The third-order valence-electron chi connectivity index (χ3n) is 4.63. The van der Waals surface area contributed by atoms with Crippen LogP contribution in [0.25, 0.3) is 10.9 Å². The molecule has 0 fully saturated rings. The van der Waals surface area contributed by atoms with Crippen LogP contribution >= 0.6 is 0 Å². The lowest BCUT2D eigenvalue weighted by atomic mass is 9.95. The number of fused-ring (bicyclic) bond motifs is 1. The lowest BCUT2D eigenvalue weighted by Crippen LogP contribution is -2.27. The lowest BCUT2D eigenvalue weighted by Gasteiger charge is -2.18. The number of hydrogen-bond acceptors (Lipinski definition) is 5. The molecule has 0 aliphatic carbocycles. The maximum absolute atomic E-state index is 12.7. The summed E-state index contributed by atoms with van der Waals surface area (Å²) in [6, 6.07) is 15.2. The number of Topliss-reactive ketones (excluding diaryl/α,β-unsaturated/α-hetero) is 1. The van der Waals surface area contributed by atoms with Gasteiger partial charge in [0.1, 0.15) is 0 Å². The summed E-state index contributed by atoms with van der Waals surface area (Å²) in [6.07, 6.45) is 0.691. The van der Waals surface area contributed by atoms with Gasteiger partial charge in [-0.1, -0.05) is 32.9 Å². The molecule has 0 saturated heterocycles. The molecule has 154 valence electrons. The van der Waals surface area contributed by atoms with E-state index in [2.05, 4.69) is 10.3 Å². The minimum Gasteiger partial charge on any atom is -0.451 e. The molecular weight excluding hydrogens is 380 g/mol. The van der Waals surface area contributed by atoms with E-state index < -0.39 is 17.5 Å². The summed E-state index contributed by atoms with van der Waals surface area (Å²) < 4.78 is 5.41. The molecule has 1 aromatic heterocycles. The molecule has 1 N–H and O–H groups in total. The molecule has 3 aromatic rings. The van der Waals surface area contributed by atoms with Crippen molar-refractivity contribution < 1.29 is 19.1 Å². The van der Waals surface area contributed by atoms with Gasteiger partial charge in [0, 0.05) is 28.2 Å². The fourth-order valence-corrected chi connectivity index (χ4v) is 2.83. The van der Waals surface area contributed by atoms with Crippen molar-refractivity contribution in [1.82, 2.24) is 4.98 Å². The molecule has 1 heterocycles. The van der Waals surface area contributed by atoms with Crippen molar-refractivity contribution in [3.63, 3.8) is 0 Å². The number of benzene rings is 2. The normalized spacial score (nSPS) is 12.3. The van der Waals surface area contributed by atoms with Gasteiger partial charge < -0.3 is 10.1 Å². The van der Waals surface area contributed by atoms with E-state index in [0.717, 1.165) is 0 Å². The van der Waals surface area contributed by atoms with Gasteiger partial charge >= 0.3 is 5.97 Å². The Hall–Kier alpha value is -3.54. The highest BCUT2D eigenvalue weighted by Crippen LogP contribution is 2.20. The smallest absolute Gasteiger partial charge is 0.339 e. The van der Waals surface area contributed by atoms with Crippen LogP contribution in [0.5, 0.6) is 0 Å². The molecule has 3 rings (SSSR count). The topological polar surface area (TPSA) is 85.4 Å². The van der Waals surface area contributed by atoms with E-state index in [1.54, 1.807) is 67.7 Å². The molecule has 1 atom stereocenters. The molecule has 1 amide bonds. The van der Waals surface area contributed by atoms with Gasteiger partial charge in [-0.15, -0.1) is 0 Å². The van der Waals surface area contributed by atoms with Crippen molar-refractivity contribution >= 4 is 34.3 Å². The summed E-state index contributed by atoms with van der Waals surface area (Å²) in [7, 11) is 0. The number of nitrogens with zero attached hydrogens (tertiary/aromatic N) is 1. The Bertz CT molecular complexity index is 1090. The summed E-state index contributed by atoms with van der Waals surface area (Å²) in [5.74, 6) is -1.02. The van der Waals surface area contributed by atoms with E-state index >= 15 is 0 Å². The molecule has 0 aliphatic rings. The van der Waals surface area contributed by atoms with Crippen LogP contribution < -0.4 is 5.32 Å². The summed E-state index contributed by atoms with van der Waals surface area (Å²) in [5, 5.41) is 3.48. The third-order valence-corrected chi connectivity index (χ3v) is 4.63. The van der Waals surface area contributed by atoms with E-state index in [1.807, 2.05) is 20.8 Å². The van der Waals surface area contributed by atoms with Gasteiger partial charge in [0.05, 0.1) is 11.1 Å². The Morgan fingerprint density at radius 1 is 0.967 bits per heavy atom. The molecule has 30 heavy (non-hydrogen) atoms. The number of hydrogen-bond donors (Lipinski definition) is 1. The van der Waals surface area contributed by atoms with Crippen molar-refractivity contribution in [3.8, 4) is 0 Å². The standard InChI is InChI=1S/C24H24N2O4/c1-15(30-22(28)19-7-5-9-20-18(19)8-6-14-25-20)21(27)16-10-12-17(13-11-16)26-23(29)24(2,3)4/h5-15H,1-4H3,(H,26,29). The summed E-state index contributed by atoms with van der Waals surface area (Å²) >= 11 is 0. The molecule has 0 radical (unpaired) electrons. The Kier molecular flexibility index (Phi) is 5.96. The van der Waals surface area contributed by atoms with Gasteiger partial charge in [-0.25, -0.2) is 4.79 Å². The first-order valence-electron chi connectivity index (χ1n) is 9.67. The van der Waals surface area contributed by atoms with Crippen molar-refractivity contribution in [2.24, 2.45) is 5.41 Å². The molecule has 6 heteroatoms. The average Bonchev–Trinajstić information content (AvgIpc) is 2.72. The number of rotatable bonds is 5. The highest BCUT2D eigenvalue weighted by atomic mass is 16.5. The molecule has 0 spiro atoms. The van der Waals surface area contributed by atoms with Crippen LogP contribution in [0.15, 0.2) is 60.8 Å². The maximum atomic E-state index is 12.7. The number of ether oxygens (including phenoxy) is 1. The molecule has 1 unspecified atom stereocenters. The number of ketones is 1. The predicted molar refractivity (Wildman–Crippen MR) is 115 cm³/mol. The van der Waals surface area contributed by atoms with Crippen molar-refractivity contribution in [1.29, 1.82) is 0 Å². The van der Waals surface area contributed by atoms with Crippen molar-refractivity contribution in [3.05, 3.63) is 71.9 Å². The molecular formula is C24H24N2O4. The van der Waals surface area contributed by atoms with E-state index in [4.69, 9.17) is 4.74 Å². The van der Waals surface area contributed by atoms with Crippen LogP contribution in [0.2, 0.25) is 0 Å². The maximum Gasteiger partial charge on any atom is 0.339 e. The van der Waals surface area contributed by atoms with E-state index in [1.165, 1.54) is 0 Å². The summed E-state index contributed by atoms with van der Waals surface area (Å²) in [4.78, 5) is 41.6. The summed E-state index contributed by atoms with van der Waals surface area (Å²) in [5.41, 5.74) is 1.51. The van der Waals surface area contributed by atoms with Crippen molar-refractivity contribution in [2.45, 2.75) is 33.8 Å². The third kappa shape index (κ3) is 4.71. The monoisotopic (exact) mass is 404 g/mol. The molecule has 6 nitrogen and oxygen atoms in total. The fraction of sp³-hybridized carbons (Fsp3) is 0.250. The first-order chi connectivity index (χ1) is 14.2. The van der Waals surface area contributed by atoms with E-state index in [9.17, 15) is 14.4 Å². The first kappa shape index (κ1) is 21.2. The highest BCUT2D eigenvalue weighted by molar-refractivity contribution is 6.06. The minimum absolute atomic E-state index is 0.117. The number of anilines is 1. The number of aromatic nitrogens is 1. The van der Waals surface area contributed by atoms with E-state index in [0.29, 0.717) is 27.7 Å². The van der Waals surface area contributed by atoms with E-state index in [-0.39, 0.29) is 11.7 Å². The van der Waals surface area contributed by atoms with Crippen LogP contribution in [-0.4, -0.2) is 28.7 Å². The molecule has 2 aromatic carbocycles. The Morgan fingerprint density at radius 3 is 2.33 bits per heavy atom. The predicted octanol–water partition coefficient (Wildman–Crippen LogP) is 4.65. The SMILES string of the molecule is CC(OC(=O)c1cccc2ncccc12)C(=O)c1ccc(NC(=O)C(C)(C)C)cc1. The van der Waals surface area contributed by atoms with Gasteiger partial charge in [0.25, 0.3) is 0 Å². The van der Waals surface area contributed by atoms with Crippen LogP contribution in [-0.2, 0) is 9.53 Å². The zero-order valence-corrected chi connectivity index (χ0v) is 17.4. The Balaban J connectivity index is 1.69. The number of esters is 1. The van der Waals surface area contributed by atoms with Gasteiger partial charge in [-0.2, -0.15) is 0 Å². The van der Waals surface area contributed by atoms with Gasteiger partial charge in [-0.05, 0) is 49.4 Å². The zero-order valence-electron chi connectivity index (χ0n) is 17.4. The van der Waals surface area contributed by atoms with Crippen LogP contribution in [0, 0.1) is 5.41 Å². The molecule has 0 aliphatic heterocycles. The fourth-order valence-electron chi connectivity index (χ4n) is 2.83. The van der Waals surface area contributed by atoms with Gasteiger partial charge in [0.2, 0.25) is 11.7 Å². The Morgan fingerprint density at radius 2 is 1.67 bits per heavy atom. The number of nitrogens with one attached hydrogen (secondary N) is 1. The van der Waals surface area contributed by atoms with Gasteiger partial charge in [0.15, 0.2) is 6.10 Å².